The highest BCUT2D eigenvalue weighted by molar-refractivity contribution is 8.00. The Kier molecular flexibility index (Phi) is 6.34. The van der Waals surface area contributed by atoms with Crippen LogP contribution in [0.5, 0.6) is 0 Å². The second kappa shape index (κ2) is 6.73. The Bertz CT molecular complexity index is 174. The number of carbonyl (C=O) groups is 2. The molecule has 0 radical (unpaired) electrons. The van der Waals surface area contributed by atoms with Gasteiger partial charge in [0.1, 0.15) is 11.9 Å². The molecule has 5 nitrogen and oxygen atoms in total. The van der Waals surface area contributed by atoms with Crippen LogP contribution in [0.1, 0.15) is 6.92 Å². The van der Waals surface area contributed by atoms with Crippen LogP contribution in [0.4, 0.5) is 0 Å². The number of hydrogen-bond donors (Lipinski definition) is 2. The van der Waals surface area contributed by atoms with Crippen molar-refractivity contribution in [2.45, 2.75) is 18.2 Å². The van der Waals surface area contributed by atoms with Crippen LogP contribution >= 0.6 is 11.8 Å². The Morgan fingerprint density at radius 1 is 1.77 bits per heavy atom. The summed E-state index contributed by atoms with van der Waals surface area (Å²) in [5.74, 6) is -0.466. The van der Waals surface area contributed by atoms with Gasteiger partial charge in [0, 0.05) is 11.8 Å². The second-order valence-electron chi connectivity index (χ2n) is 2.57. The van der Waals surface area contributed by atoms with Gasteiger partial charge in [0.05, 0.1) is 0 Å². The monoisotopic (exact) mass is 207 g/mol. The molecule has 76 valence electrons. The summed E-state index contributed by atoms with van der Waals surface area (Å²) < 4.78 is 4.37. The van der Waals surface area contributed by atoms with E-state index in [4.69, 9.17) is 10.8 Å². The van der Waals surface area contributed by atoms with Crippen molar-refractivity contribution in [2.24, 2.45) is 5.73 Å². The van der Waals surface area contributed by atoms with E-state index in [1.165, 1.54) is 11.8 Å². The lowest BCUT2D eigenvalue weighted by Crippen LogP contribution is -2.26. The molecule has 0 aromatic heterocycles. The third-order valence-electron chi connectivity index (χ3n) is 1.15. The van der Waals surface area contributed by atoms with Gasteiger partial charge in [0.15, 0.2) is 0 Å². The molecule has 0 aliphatic rings. The fourth-order valence-electron chi connectivity index (χ4n) is 0.585. The molecular formula is C7H13NO4S. The molecule has 0 unspecified atom stereocenters. The van der Waals surface area contributed by atoms with E-state index < -0.39 is 11.2 Å². The van der Waals surface area contributed by atoms with Gasteiger partial charge in [0.2, 0.25) is 0 Å². The van der Waals surface area contributed by atoms with Gasteiger partial charge in [-0.3, -0.25) is 9.59 Å². The Hall–Kier alpha value is -0.750. The van der Waals surface area contributed by atoms with Gasteiger partial charge < -0.3 is 15.6 Å². The quantitative estimate of drug-likeness (QED) is 0.557. The zero-order valence-corrected chi connectivity index (χ0v) is 8.12. The van der Waals surface area contributed by atoms with E-state index in [0.717, 1.165) is 0 Å². The second-order valence-corrected chi connectivity index (χ2v) is 3.80. The number of carbonyl (C=O) groups excluding carboxylic acids is 1. The molecular weight excluding hydrogens is 194 g/mol. The minimum absolute atomic E-state index is 0.0666. The first-order valence-corrected chi connectivity index (χ1v) is 4.78. The number of carboxylic acid groups (broad SMARTS) is 1. The number of nitrogens with two attached hydrogens (primary N) is 1. The fourth-order valence-corrected chi connectivity index (χ4v) is 1.44. The molecule has 3 N–H and O–H groups in total. The third kappa shape index (κ3) is 6.41. The lowest BCUT2D eigenvalue weighted by atomic mass is 10.4. The Balaban J connectivity index is 3.80. The topological polar surface area (TPSA) is 89.6 Å². The molecule has 0 saturated heterocycles. The summed E-state index contributed by atoms with van der Waals surface area (Å²) in [5, 5.41) is 7.93. The highest BCUT2D eigenvalue weighted by Gasteiger charge is 2.18. The first-order chi connectivity index (χ1) is 6.07. The smallest absolute Gasteiger partial charge is 0.320 e. The number of hydrogen-bond acceptors (Lipinski definition) is 5. The van der Waals surface area contributed by atoms with Crippen LogP contribution in [0.3, 0.4) is 0 Å². The maximum absolute atomic E-state index is 10.6. The van der Waals surface area contributed by atoms with E-state index in [0.29, 0.717) is 5.75 Å². The van der Waals surface area contributed by atoms with Crippen LogP contribution < -0.4 is 5.73 Å². The van der Waals surface area contributed by atoms with Crippen LogP contribution in [0.15, 0.2) is 0 Å². The summed E-state index contributed by atoms with van der Waals surface area (Å²) >= 11 is 1.17. The number of thioether (sulfide) groups is 1. The van der Waals surface area contributed by atoms with E-state index in [1.807, 2.05) is 0 Å². The van der Waals surface area contributed by atoms with Crippen molar-refractivity contribution in [1.29, 1.82) is 0 Å². The van der Waals surface area contributed by atoms with Crippen molar-refractivity contribution in [3.63, 3.8) is 0 Å². The maximum Gasteiger partial charge on any atom is 0.320 e. The van der Waals surface area contributed by atoms with E-state index in [9.17, 15) is 9.59 Å². The van der Waals surface area contributed by atoms with Gasteiger partial charge in [0.25, 0.3) is 6.47 Å². The molecule has 2 atom stereocenters. The van der Waals surface area contributed by atoms with Gasteiger partial charge in [-0.15, -0.1) is 11.8 Å². The number of aliphatic carboxylic acids is 1. The van der Waals surface area contributed by atoms with Crippen molar-refractivity contribution >= 4 is 24.2 Å². The third-order valence-corrected chi connectivity index (χ3v) is 2.61. The summed E-state index contributed by atoms with van der Waals surface area (Å²) in [4.78, 5) is 20.4. The van der Waals surface area contributed by atoms with Crippen LogP contribution in [-0.2, 0) is 14.3 Å². The summed E-state index contributed by atoms with van der Waals surface area (Å²) in [6.45, 7) is 1.91. The Labute approximate surface area is 80.6 Å². The molecule has 0 aromatic rings. The van der Waals surface area contributed by atoms with Gasteiger partial charge in [-0.2, -0.15) is 0 Å². The predicted octanol–water partition coefficient (Wildman–Crippen LogP) is -0.307. The molecule has 0 aliphatic heterocycles. The summed E-state index contributed by atoms with van der Waals surface area (Å²) in [7, 11) is 0. The number of rotatable bonds is 7. The minimum atomic E-state index is -0.993. The van der Waals surface area contributed by atoms with Gasteiger partial charge in [-0.25, -0.2) is 0 Å². The SMILES string of the molecule is C[C@@H](N)CS[C@H](COC=O)C(=O)O. The molecule has 0 saturated carbocycles. The molecule has 0 amide bonds. The van der Waals surface area contributed by atoms with Crippen molar-refractivity contribution in [2.75, 3.05) is 12.4 Å². The lowest BCUT2D eigenvalue weighted by molar-refractivity contribution is -0.138. The molecule has 0 bridgehead atoms. The molecule has 0 spiro atoms. The number of carboxylic acids is 1. The van der Waals surface area contributed by atoms with Crippen molar-refractivity contribution in [3.05, 3.63) is 0 Å². The highest BCUT2D eigenvalue weighted by Crippen LogP contribution is 2.12. The normalized spacial score (nSPS) is 14.6. The van der Waals surface area contributed by atoms with Crippen LogP contribution in [-0.4, -0.2) is 41.2 Å². The zero-order valence-electron chi connectivity index (χ0n) is 7.30. The van der Waals surface area contributed by atoms with Crippen molar-refractivity contribution in [3.8, 4) is 0 Å². The molecule has 0 aliphatic carbocycles. The standard InChI is InChI=1S/C7H13NO4S/c1-5(8)3-13-6(7(10)11)2-12-4-9/h4-6H,2-3,8H2,1H3,(H,10,11)/t5-,6-/m1/s1. The first-order valence-electron chi connectivity index (χ1n) is 3.73. The van der Waals surface area contributed by atoms with E-state index in [2.05, 4.69) is 4.74 Å². The Morgan fingerprint density at radius 2 is 2.38 bits per heavy atom. The molecule has 0 aromatic carbocycles. The summed E-state index contributed by atoms with van der Waals surface area (Å²) in [6, 6.07) is -0.0666. The maximum atomic E-state index is 10.6. The number of ether oxygens (including phenoxy) is 1. The Morgan fingerprint density at radius 3 is 2.77 bits per heavy atom. The molecule has 6 heteroatoms. The molecule has 0 heterocycles. The van der Waals surface area contributed by atoms with Crippen LogP contribution in [0.2, 0.25) is 0 Å². The van der Waals surface area contributed by atoms with Gasteiger partial charge in [-0.1, -0.05) is 0 Å². The van der Waals surface area contributed by atoms with Gasteiger partial charge in [-0.05, 0) is 6.92 Å². The zero-order chi connectivity index (χ0) is 10.3. The minimum Gasteiger partial charge on any atom is -0.480 e. The molecule has 0 rings (SSSR count). The van der Waals surface area contributed by atoms with Crippen molar-refractivity contribution < 1.29 is 19.4 Å². The van der Waals surface area contributed by atoms with E-state index in [-0.39, 0.29) is 19.1 Å². The summed E-state index contributed by atoms with van der Waals surface area (Å²) in [5.41, 5.74) is 5.45. The fraction of sp³-hybridized carbons (Fsp3) is 0.714. The van der Waals surface area contributed by atoms with E-state index >= 15 is 0 Å². The predicted molar refractivity (Wildman–Crippen MR) is 49.5 cm³/mol. The average Bonchev–Trinajstić information content (AvgIpc) is 2.03. The van der Waals surface area contributed by atoms with Crippen LogP contribution in [0, 0.1) is 0 Å². The van der Waals surface area contributed by atoms with Crippen LogP contribution in [0.25, 0.3) is 0 Å². The average molecular weight is 207 g/mol. The highest BCUT2D eigenvalue weighted by atomic mass is 32.2. The van der Waals surface area contributed by atoms with Gasteiger partial charge >= 0.3 is 5.97 Å². The molecule has 13 heavy (non-hydrogen) atoms. The lowest BCUT2D eigenvalue weighted by Gasteiger charge is -2.11. The largest absolute Gasteiger partial charge is 0.480 e. The van der Waals surface area contributed by atoms with E-state index in [1.54, 1.807) is 6.92 Å². The first kappa shape index (κ1) is 12.2. The molecule has 0 fully saturated rings. The van der Waals surface area contributed by atoms with Crippen molar-refractivity contribution in [1.82, 2.24) is 0 Å². The summed E-state index contributed by atoms with van der Waals surface area (Å²) in [6.07, 6.45) is 0.